The summed E-state index contributed by atoms with van der Waals surface area (Å²) in [6, 6.07) is 4.23. The van der Waals surface area contributed by atoms with Gasteiger partial charge in [-0.3, -0.25) is 0 Å². The van der Waals surface area contributed by atoms with Gasteiger partial charge in [0.2, 0.25) is 0 Å². The van der Waals surface area contributed by atoms with Gasteiger partial charge in [-0.1, -0.05) is 17.7 Å². The second kappa shape index (κ2) is 6.25. The van der Waals surface area contributed by atoms with Crippen LogP contribution in [0.3, 0.4) is 0 Å². The highest BCUT2D eigenvalue weighted by Gasteiger charge is 2.03. The van der Waals surface area contributed by atoms with Gasteiger partial charge >= 0.3 is 5.97 Å². The van der Waals surface area contributed by atoms with E-state index in [1.807, 2.05) is 0 Å². The second-order valence-corrected chi connectivity index (χ2v) is 3.82. The van der Waals surface area contributed by atoms with E-state index in [1.54, 1.807) is 13.0 Å². The largest absolute Gasteiger partial charge is 0.466 e. The van der Waals surface area contributed by atoms with Crippen molar-refractivity contribution in [1.82, 2.24) is 0 Å². The van der Waals surface area contributed by atoms with E-state index in [0.29, 0.717) is 22.8 Å². The number of anilines is 1. The Morgan fingerprint density at radius 1 is 1.59 bits per heavy atom. The zero-order valence-corrected chi connectivity index (χ0v) is 10.3. The highest BCUT2D eigenvalue weighted by molar-refractivity contribution is 6.30. The van der Waals surface area contributed by atoms with Crippen LogP contribution in [0.2, 0.25) is 5.02 Å². The maximum absolute atomic E-state index is 13.3. The molecular weight excluding hydrogens is 245 g/mol. The van der Waals surface area contributed by atoms with Crippen LogP contribution >= 0.6 is 11.6 Å². The van der Waals surface area contributed by atoms with E-state index in [4.69, 9.17) is 11.6 Å². The van der Waals surface area contributed by atoms with Gasteiger partial charge in [0.15, 0.2) is 0 Å². The Balaban J connectivity index is 2.62. The van der Waals surface area contributed by atoms with Gasteiger partial charge < -0.3 is 10.1 Å². The monoisotopic (exact) mass is 257 g/mol. The van der Waals surface area contributed by atoms with Crippen LogP contribution in [0.15, 0.2) is 29.8 Å². The van der Waals surface area contributed by atoms with E-state index >= 15 is 0 Å². The molecule has 0 aliphatic rings. The smallest absolute Gasteiger partial charge is 0.333 e. The molecule has 1 N–H and O–H groups in total. The fraction of sp³-hybridized carbons (Fsp3) is 0.250. The summed E-state index contributed by atoms with van der Waals surface area (Å²) in [5.74, 6) is -0.795. The van der Waals surface area contributed by atoms with Crippen LogP contribution in [-0.2, 0) is 9.53 Å². The van der Waals surface area contributed by atoms with Crippen LogP contribution in [0, 0.1) is 5.82 Å². The second-order valence-electron chi connectivity index (χ2n) is 3.38. The van der Waals surface area contributed by atoms with Crippen LogP contribution in [0.25, 0.3) is 0 Å². The quantitative estimate of drug-likeness (QED) is 0.666. The summed E-state index contributed by atoms with van der Waals surface area (Å²) < 4.78 is 17.8. The van der Waals surface area contributed by atoms with E-state index in [1.165, 1.54) is 25.3 Å². The average molecular weight is 258 g/mol. The minimum atomic E-state index is -0.404. The first kappa shape index (κ1) is 13.5. The number of hydrogen-bond acceptors (Lipinski definition) is 3. The molecule has 92 valence electrons. The lowest BCUT2D eigenvalue weighted by atomic mass is 10.2. The molecule has 1 aromatic rings. The minimum absolute atomic E-state index is 0.298. The van der Waals surface area contributed by atoms with Gasteiger partial charge in [-0.05, 0) is 25.1 Å². The fourth-order valence-electron chi connectivity index (χ4n) is 1.19. The van der Waals surface area contributed by atoms with E-state index in [2.05, 4.69) is 10.1 Å². The molecule has 5 heteroatoms. The van der Waals surface area contributed by atoms with Crippen LogP contribution in [0.4, 0.5) is 10.1 Å². The van der Waals surface area contributed by atoms with Crippen LogP contribution < -0.4 is 5.32 Å². The number of esters is 1. The Morgan fingerprint density at radius 2 is 2.29 bits per heavy atom. The van der Waals surface area contributed by atoms with E-state index < -0.39 is 11.8 Å². The molecule has 1 rings (SSSR count). The molecule has 1 aromatic carbocycles. The van der Waals surface area contributed by atoms with Gasteiger partial charge in [0.1, 0.15) is 5.82 Å². The lowest BCUT2D eigenvalue weighted by molar-refractivity contribution is -0.136. The SMILES string of the molecule is COC(=O)/C(C)=C/CNc1cc(Cl)ccc1F. The Bertz CT molecular complexity index is 446. The molecule has 0 aromatic heterocycles. The van der Waals surface area contributed by atoms with Crippen molar-refractivity contribution in [2.24, 2.45) is 0 Å². The number of nitrogens with one attached hydrogen (secondary N) is 1. The molecular formula is C12H13ClFNO2. The predicted octanol–water partition coefficient (Wildman–Crippen LogP) is 3.01. The molecule has 0 saturated heterocycles. The Labute approximate surface area is 104 Å². The summed E-state index contributed by atoms with van der Waals surface area (Å²) in [6.07, 6.45) is 1.62. The molecule has 0 spiro atoms. The standard InChI is InChI=1S/C12H13ClFNO2/c1-8(12(16)17-2)5-6-15-11-7-9(13)3-4-10(11)14/h3-5,7,15H,6H2,1-2H3/b8-5+. The maximum Gasteiger partial charge on any atom is 0.333 e. The molecule has 0 saturated carbocycles. The molecule has 0 aliphatic carbocycles. The highest BCUT2D eigenvalue weighted by atomic mass is 35.5. The lowest BCUT2D eigenvalue weighted by Crippen LogP contribution is -2.06. The fourth-order valence-corrected chi connectivity index (χ4v) is 1.36. The molecule has 0 heterocycles. The number of rotatable bonds is 4. The Hall–Kier alpha value is -1.55. The third kappa shape index (κ3) is 4.07. The van der Waals surface area contributed by atoms with Crippen LogP contribution in [0.5, 0.6) is 0 Å². The normalized spacial score (nSPS) is 11.2. The van der Waals surface area contributed by atoms with E-state index in [-0.39, 0.29) is 0 Å². The summed E-state index contributed by atoms with van der Waals surface area (Å²) >= 11 is 5.73. The molecule has 0 unspecified atom stereocenters. The first-order chi connectivity index (χ1) is 8.04. The number of ether oxygens (including phenoxy) is 1. The molecule has 17 heavy (non-hydrogen) atoms. The minimum Gasteiger partial charge on any atom is -0.466 e. The van der Waals surface area contributed by atoms with Crippen molar-refractivity contribution in [3.8, 4) is 0 Å². The predicted molar refractivity (Wildman–Crippen MR) is 65.7 cm³/mol. The van der Waals surface area contributed by atoms with E-state index in [9.17, 15) is 9.18 Å². The Morgan fingerprint density at radius 3 is 2.94 bits per heavy atom. The zero-order valence-electron chi connectivity index (χ0n) is 9.59. The number of hydrogen-bond donors (Lipinski definition) is 1. The zero-order chi connectivity index (χ0) is 12.8. The summed E-state index contributed by atoms with van der Waals surface area (Å²) in [4.78, 5) is 11.1. The van der Waals surface area contributed by atoms with Gasteiger partial charge in [-0.25, -0.2) is 9.18 Å². The van der Waals surface area contributed by atoms with Gasteiger partial charge in [-0.15, -0.1) is 0 Å². The highest BCUT2D eigenvalue weighted by Crippen LogP contribution is 2.19. The van der Waals surface area contributed by atoms with Crippen molar-refractivity contribution < 1.29 is 13.9 Å². The number of carbonyl (C=O) groups excluding carboxylic acids is 1. The summed E-state index contributed by atoms with van der Waals surface area (Å²) in [6.45, 7) is 1.94. The van der Waals surface area contributed by atoms with Crippen LogP contribution in [0.1, 0.15) is 6.92 Å². The van der Waals surface area contributed by atoms with Crippen molar-refractivity contribution in [3.63, 3.8) is 0 Å². The summed E-state index contributed by atoms with van der Waals surface area (Å²) in [5.41, 5.74) is 0.758. The molecule has 0 atom stereocenters. The van der Waals surface area contributed by atoms with Crippen molar-refractivity contribution in [1.29, 1.82) is 0 Å². The lowest BCUT2D eigenvalue weighted by Gasteiger charge is -2.06. The Kier molecular flexibility index (Phi) is 4.97. The van der Waals surface area contributed by atoms with E-state index in [0.717, 1.165) is 0 Å². The average Bonchev–Trinajstić information content (AvgIpc) is 2.32. The van der Waals surface area contributed by atoms with Crippen molar-refractivity contribution in [2.45, 2.75) is 6.92 Å². The molecule has 3 nitrogen and oxygen atoms in total. The van der Waals surface area contributed by atoms with Gasteiger partial charge in [0.05, 0.1) is 12.8 Å². The molecule has 0 aliphatic heterocycles. The van der Waals surface area contributed by atoms with Crippen molar-refractivity contribution in [3.05, 3.63) is 40.7 Å². The van der Waals surface area contributed by atoms with Crippen LogP contribution in [-0.4, -0.2) is 19.6 Å². The van der Waals surface area contributed by atoms with Gasteiger partial charge in [-0.2, -0.15) is 0 Å². The summed E-state index contributed by atoms with van der Waals surface area (Å²) in [5, 5.41) is 3.27. The van der Waals surface area contributed by atoms with Crippen molar-refractivity contribution in [2.75, 3.05) is 19.0 Å². The first-order valence-corrected chi connectivity index (χ1v) is 5.36. The van der Waals surface area contributed by atoms with Gasteiger partial charge in [0.25, 0.3) is 0 Å². The molecule has 0 radical (unpaired) electrons. The molecule has 0 fully saturated rings. The topological polar surface area (TPSA) is 38.3 Å². The molecule has 0 bridgehead atoms. The third-order valence-corrected chi connectivity index (χ3v) is 2.37. The number of benzene rings is 1. The first-order valence-electron chi connectivity index (χ1n) is 4.98. The number of carbonyl (C=O) groups is 1. The summed E-state index contributed by atoms with van der Waals surface area (Å²) in [7, 11) is 1.31. The maximum atomic E-state index is 13.3. The van der Waals surface area contributed by atoms with Crippen molar-refractivity contribution >= 4 is 23.3 Å². The number of halogens is 2. The van der Waals surface area contributed by atoms with Gasteiger partial charge in [0, 0.05) is 17.1 Å². The number of methoxy groups -OCH3 is 1. The third-order valence-electron chi connectivity index (χ3n) is 2.14. The molecule has 0 amide bonds.